The van der Waals surface area contributed by atoms with Crippen molar-refractivity contribution in [1.82, 2.24) is 25.5 Å². The van der Waals surface area contributed by atoms with E-state index in [-0.39, 0.29) is 44.4 Å². The number of cyclic esters (lactones) is 1. The Labute approximate surface area is 377 Å². The number of esters is 1. The van der Waals surface area contributed by atoms with Crippen LogP contribution in [0.3, 0.4) is 0 Å². The molecule has 16 nitrogen and oxygen atoms in total. The van der Waals surface area contributed by atoms with Gasteiger partial charge in [-0.3, -0.25) is 14.8 Å². The smallest absolute Gasteiger partial charge is 0.408 e. The van der Waals surface area contributed by atoms with Crippen molar-refractivity contribution in [2.75, 3.05) is 33.9 Å². The number of carbonyl (C=O) groups excluding carboxylic acids is 3. The Balaban J connectivity index is 1.34. The molecular weight excluding hydrogens is 823 g/mol. The van der Waals surface area contributed by atoms with Crippen molar-refractivity contribution in [2.24, 2.45) is 23.7 Å². The number of fused-ring (bicyclic) bond motifs is 4. The number of amides is 2. The standard InChI is InChI=1S/C48H69N5O11/c1-12-38-48(9)41(52-46(57)64-48)30(5)34(18-20-58-45(56)51-24-33-16-17-36(50-23-33)35-15-13-14-19-49-35)28(3)22-47(8)42(63-44-39(54)37(53(10)11)21-29(4)61-44)31(6)40(32(7)43(55)62-38)59-25-27(2)26-60-47/h13-19,23,28-32,37-42,44,54H,2,12,20-22,24-26H2,1,3-11H3,(H,51,56)(H,52,57)/b34-18+/t28-,29-,30+,31+,32-,37+,38-,39-,40?,41?,42-,44?,47-,48-/m1/s1. The number of rotatable bonds is 9. The quantitative estimate of drug-likeness (QED) is 0.152. The Kier molecular flexibility index (Phi) is 15.9. The van der Waals surface area contributed by atoms with Gasteiger partial charge < -0.3 is 53.8 Å². The predicted octanol–water partition coefficient (Wildman–Crippen LogP) is 5.97. The van der Waals surface area contributed by atoms with E-state index in [0.717, 1.165) is 22.5 Å². The SMILES string of the molecule is C=C1COC2[C@@H](C)C(=O)O[C@H](CC)[C@@]3(C)OC(=O)NC3[C@@H](C)/C(=C/COC(=O)NCc3ccc(-c4ccccn4)nc3)[C@H](C)C[C@@](C)(OC1)[C@H](OC1O[C@H](C)C[C@H](N(C)C)[C@H]1O)[C@H]2C. The Morgan fingerprint density at radius 3 is 2.48 bits per heavy atom. The summed E-state index contributed by atoms with van der Waals surface area (Å²) in [6.45, 7) is 20.0. The lowest BCUT2D eigenvalue weighted by Gasteiger charge is -2.49. The fraction of sp³-hybridized carbons (Fsp3) is 0.646. The van der Waals surface area contributed by atoms with Crippen molar-refractivity contribution in [3.63, 3.8) is 0 Å². The van der Waals surface area contributed by atoms with Gasteiger partial charge in [-0.05, 0) is 102 Å². The number of alkyl carbamates (subject to hydrolysis) is 2. The van der Waals surface area contributed by atoms with Crippen LogP contribution in [0.5, 0.6) is 0 Å². The average Bonchev–Trinajstić information content (AvgIpc) is 3.60. The third-order valence-corrected chi connectivity index (χ3v) is 13.6. The summed E-state index contributed by atoms with van der Waals surface area (Å²) in [7, 11) is 3.84. The molecule has 0 aromatic carbocycles. The zero-order chi connectivity index (χ0) is 46.5. The van der Waals surface area contributed by atoms with E-state index in [1.165, 1.54) is 0 Å². The molecule has 0 saturated carbocycles. The molecule has 4 fully saturated rings. The molecule has 0 spiro atoms. The minimum absolute atomic E-state index is 0.0960. The third kappa shape index (κ3) is 11.0. The first kappa shape index (κ1) is 49.0. The highest BCUT2D eigenvalue weighted by Gasteiger charge is 2.57. The molecule has 2 aromatic heterocycles. The number of hydrogen-bond acceptors (Lipinski definition) is 14. The number of ether oxygens (including phenoxy) is 7. The molecule has 3 unspecified atom stereocenters. The van der Waals surface area contributed by atoms with Crippen LogP contribution in [-0.4, -0.2) is 132 Å². The van der Waals surface area contributed by atoms with E-state index in [9.17, 15) is 19.5 Å². The molecule has 6 heterocycles. The lowest BCUT2D eigenvalue weighted by atomic mass is 9.71. The maximum absolute atomic E-state index is 14.4. The fourth-order valence-corrected chi connectivity index (χ4v) is 10.2. The van der Waals surface area contributed by atoms with Gasteiger partial charge in [0.1, 0.15) is 18.8 Å². The molecule has 3 N–H and O–H groups in total. The van der Waals surface area contributed by atoms with Crippen molar-refractivity contribution < 1.29 is 52.6 Å². The van der Waals surface area contributed by atoms with Gasteiger partial charge in [-0.1, -0.05) is 52.0 Å². The van der Waals surface area contributed by atoms with Crippen LogP contribution in [0.15, 0.2) is 66.5 Å². The van der Waals surface area contributed by atoms with E-state index >= 15 is 0 Å². The number of aliphatic hydroxyl groups is 1. The first-order chi connectivity index (χ1) is 30.3. The first-order valence-corrected chi connectivity index (χ1v) is 22.6. The lowest BCUT2D eigenvalue weighted by Crippen LogP contribution is -2.60. The summed E-state index contributed by atoms with van der Waals surface area (Å²) in [4.78, 5) is 51.6. The number of carbonyl (C=O) groups is 3. The molecule has 0 radical (unpaired) electrons. The van der Waals surface area contributed by atoms with Gasteiger partial charge in [-0.25, -0.2) is 9.59 Å². The summed E-state index contributed by atoms with van der Waals surface area (Å²) in [5, 5.41) is 17.6. The van der Waals surface area contributed by atoms with Gasteiger partial charge in [0.2, 0.25) is 0 Å². The molecule has 2 bridgehead atoms. The van der Waals surface area contributed by atoms with Crippen LogP contribution in [0.2, 0.25) is 0 Å². The van der Waals surface area contributed by atoms with E-state index in [4.69, 9.17) is 33.2 Å². The van der Waals surface area contributed by atoms with Crippen LogP contribution in [-0.2, 0) is 44.5 Å². The van der Waals surface area contributed by atoms with Crippen molar-refractivity contribution >= 4 is 18.2 Å². The van der Waals surface area contributed by atoms with Crippen molar-refractivity contribution in [1.29, 1.82) is 0 Å². The molecule has 2 amide bonds. The van der Waals surface area contributed by atoms with Crippen LogP contribution in [0.25, 0.3) is 11.4 Å². The number of likely N-dealkylation sites (N-methyl/N-ethyl adjacent to an activating group) is 1. The Morgan fingerprint density at radius 2 is 1.81 bits per heavy atom. The van der Waals surface area contributed by atoms with Crippen molar-refractivity contribution in [3.05, 3.63) is 72.1 Å². The molecular formula is C48H69N5O11. The second kappa shape index (κ2) is 20.8. The summed E-state index contributed by atoms with van der Waals surface area (Å²) >= 11 is 0. The zero-order valence-corrected chi connectivity index (χ0v) is 39.1. The van der Waals surface area contributed by atoms with Crippen LogP contribution < -0.4 is 10.6 Å². The Morgan fingerprint density at radius 1 is 1.06 bits per heavy atom. The minimum Gasteiger partial charge on any atom is -0.458 e. The largest absolute Gasteiger partial charge is 0.458 e. The van der Waals surface area contributed by atoms with Gasteiger partial charge in [0.15, 0.2) is 11.9 Å². The lowest BCUT2D eigenvalue weighted by molar-refractivity contribution is -0.302. The summed E-state index contributed by atoms with van der Waals surface area (Å²) in [5.41, 5.74) is 1.38. The molecule has 4 aliphatic heterocycles. The minimum atomic E-state index is -1.27. The van der Waals surface area contributed by atoms with E-state index in [0.29, 0.717) is 24.8 Å². The second-order valence-electron chi connectivity index (χ2n) is 18.7. The fourth-order valence-electron chi connectivity index (χ4n) is 10.2. The average molecular weight is 892 g/mol. The highest BCUT2D eigenvalue weighted by molar-refractivity contribution is 5.74. The van der Waals surface area contributed by atoms with Gasteiger partial charge in [-0.2, -0.15) is 0 Å². The third-order valence-electron chi connectivity index (χ3n) is 13.6. The molecule has 2 aromatic rings. The van der Waals surface area contributed by atoms with Crippen LogP contribution in [0.4, 0.5) is 9.59 Å². The monoisotopic (exact) mass is 891 g/mol. The number of hydrogen-bond donors (Lipinski definition) is 3. The normalized spacial score (nSPS) is 37.0. The topological polar surface area (TPSA) is 189 Å². The van der Waals surface area contributed by atoms with Gasteiger partial charge in [0.05, 0.1) is 60.5 Å². The van der Waals surface area contributed by atoms with Gasteiger partial charge in [0.25, 0.3) is 0 Å². The molecule has 16 heteroatoms. The van der Waals surface area contributed by atoms with E-state index in [2.05, 4.69) is 34.1 Å². The van der Waals surface area contributed by atoms with E-state index in [1.807, 2.05) is 90.0 Å². The number of nitrogens with one attached hydrogen (secondary N) is 2. The zero-order valence-electron chi connectivity index (χ0n) is 39.1. The van der Waals surface area contributed by atoms with Crippen molar-refractivity contribution in [2.45, 2.75) is 141 Å². The molecule has 4 saturated heterocycles. The maximum atomic E-state index is 14.4. The molecule has 352 valence electrons. The van der Waals surface area contributed by atoms with Crippen LogP contribution >= 0.6 is 0 Å². The van der Waals surface area contributed by atoms with Gasteiger partial charge in [0, 0.05) is 36.8 Å². The molecule has 6 rings (SSSR count). The molecule has 64 heavy (non-hydrogen) atoms. The van der Waals surface area contributed by atoms with E-state index in [1.54, 1.807) is 26.2 Å². The predicted molar refractivity (Wildman–Crippen MR) is 238 cm³/mol. The first-order valence-electron chi connectivity index (χ1n) is 22.6. The van der Waals surface area contributed by atoms with Gasteiger partial charge in [-0.15, -0.1) is 0 Å². The highest BCUT2D eigenvalue weighted by atomic mass is 16.7. The van der Waals surface area contributed by atoms with E-state index < -0.39 is 83.9 Å². The van der Waals surface area contributed by atoms with Crippen LogP contribution in [0.1, 0.15) is 80.2 Å². The number of nitrogens with zero attached hydrogens (tertiary/aromatic N) is 3. The molecule has 0 aliphatic carbocycles. The van der Waals surface area contributed by atoms with Crippen LogP contribution in [0, 0.1) is 23.7 Å². The van der Waals surface area contributed by atoms with Crippen molar-refractivity contribution in [3.8, 4) is 11.4 Å². The number of pyridine rings is 2. The number of aromatic nitrogens is 2. The molecule has 4 aliphatic rings. The summed E-state index contributed by atoms with van der Waals surface area (Å²) < 4.78 is 44.9. The summed E-state index contributed by atoms with van der Waals surface area (Å²) in [6.07, 6.45) is 0.686. The summed E-state index contributed by atoms with van der Waals surface area (Å²) in [5.74, 6) is -2.57. The Hall–Kier alpha value is -4.45. The number of aliphatic hydroxyl groups excluding tert-OH is 1. The van der Waals surface area contributed by atoms with Gasteiger partial charge >= 0.3 is 18.2 Å². The molecule has 14 atom stereocenters. The summed E-state index contributed by atoms with van der Waals surface area (Å²) in [6, 6.07) is 8.44. The Bertz CT molecular complexity index is 1970. The maximum Gasteiger partial charge on any atom is 0.408 e. The second-order valence-corrected chi connectivity index (χ2v) is 18.7. The highest BCUT2D eigenvalue weighted by Crippen LogP contribution is 2.44.